The van der Waals surface area contributed by atoms with Crippen molar-refractivity contribution in [2.45, 2.75) is 54.9 Å². The average Bonchev–Trinajstić information content (AvgIpc) is 3.68. The summed E-state index contributed by atoms with van der Waals surface area (Å²) < 4.78 is 63.0. The van der Waals surface area contributed by atoms with Crippen LogP contribution in [0.2, 0.25) is 0 Å². The molecule has 4 heterocycles. The van der Waals surface area contributed by atoms with Crippen molar-refractivity contribution in [2.24, 2.45) is 0 Å². The Morgan fingerprint density at radius 3 is 2.25 bits per heavy atom. The van der Waals surface area contributed by atoms with Crippen molar-refractivity contribution < 1.29 is 36.7 Å². The van der Waals surface area contributed by atoms with Gasteiger partial charge in [-0.2, -0.15) is 13.8 Å². The molecule has 15 nitrogen and oxygen atoms in total. The van der Waals surface area contributed by atoms with Crippen LogP contribution in [0.25, 0.3) is 34.0 Å². The molecule has 0 bridgehead atoms. The molecular formula is C33H36F2N8O7S. The zero-order chi connectivity index (χ0) is 37.1. The van der Waals surface area contributed by atoms with Crippen LogP contribution in [-0.4, -0.2) is 80.3 Å². The quantitative estimate of drug-likeness (QED) is 0.147. The predicted octanol–water partition coefficient (Wildman–Crippen LogP) is 2.66. The molecule has 3 atom stereocenters. The highest BCUT2D eigenvalue weighted by atomic mass is 32.2. The van der Waals surface area contributed by atoms with E-state index in [-0.39, 0.29) is 16.5 Å². The largest absolute Gasteiger partial charge is 0.394 e. The second-order valence-corrected chi connectivity index (χ2v) is 14.3. The zero-order valence-corrected chi connectivity index (χ0v) is 28.5. The van der Waals surface area contributed by atoms with Gasteiger partial charge in [-0.05, 0) is 44.7 Å². The fourth-order valence-electron chi connectivity index (χ4n) is 5.05. The Labute approximate surface area is 290 Å². The topological polar surface area (TPSA) is 235 Å². The maximum Gasteiger partial charge on any atom is 0.351 e. The van der Waals surface area contributed by atoms with Crippen LogP contribution in [0.5, 0.6) is 0 Å². The number of hydrogen-bond donors (Lipinski definition) is 5. The van der Waals surface area contributed by atoms with Gasteiger partial charge in [0.2, 0.25) is 6.23 Å². The molecule has 1 aliphatic rings. The van der Waals surface area contributed by atoms with Crippen LogP contribution in [0.4, 0.5) is 20.4 Å². The summed E-state index contributed by atoms with van der Waals surface area (Å²) in [4.78, 5) is 23.8. The number of alkyl halides is 2. The number of aliphatic hydroxyl groups is 2. The molecule has 1 aliphatic heterocycles. The average molecular weight is 727 g/mol. The molecule has 0 aliphatic carbocycles. The summed E-state index contributed by atoms with van der Waals surface area (Å²) in [5, 5.41) is 24.9. The summed E-state index contributed by atoms with van der Waals surface area (Å²) in [6.07, 6.45) is -3.14. The van der Waals surface area contributed by atoms with Crippen molar-refractivity contribution in [1.82, 2.24) is 30.0 Å². The van der Waals surface area contributed by atoms with Gasteiger partial charge >= 0.3 is 11.6 Å². The Hall–Kier alpha value is -5.14. The van der Waals surface area contributed by atoms with E-state index in [9.17, 15) is 27.1 Å². The standard InChI is InChI=1S/C24H25N5O3S.C9H11F2N3O4/c1-15(2)33(30,31)19-10-8-18(9-11-19)21-14-27-24(25)23(28-21)22-12-20(29-32-22)17-6-4-16(5-7-17)13-26-3;10-9(11)6(16)4(3-15)18-7(9)14-2-1-5(12)13-8(14)17/h4-12,14-15,26H,13H2,1-3H3,(H2,25,27);1-2,4,6-7,15-16H,3H2,(H2,12,13,17)/t;4-,6-,7-/m.1/s1. The Kier molecular flexibility index (Phi) is 10.9. The summed E-state index contributed by atoms with van der Waals surface area (Å²) in [6.45, 7) is 3.31. The minimum absolute atomic E-state index is 0.114. The lowest BCUT2D eigenvalue weighted by atomic mass is 10.1. The molecule has 0 unspecified atom stereocenters. The van der Waals surface area contributed by atoms with E-state index >= 15 is 0 Å². The number of hydrogen-bond acceptors (Lipinski definition) is 14. The Balaban J connectivity index is 0.000000236. The number of ether oxygens (including phenoxy) is 1. The number of nitrogens with one attached hydrogen (secondary N) is 1. The van der Waals surface area contributed by atoms with Crippen molar-refractivity contribution in [3.8, 4) is 34.0 Å². The maximum atomic E-state index is 13.7. The summed E-state index contributed by atoms with van der Waals surface area (Å²) in [6, 6.07) is 17.5. The molecule has 0 radical (unpaired) electrons. The van der Waals surface area contributed by atoms with Crippen molar-refractivity contribution in [2.75, 3.05) is 25.1 Å². The van der Waals surface area contributed by atoms with E-state index in [1.165, 1.54) is 5.56 Å². The van der Waals surface area contributed by atoms with Crippen LogP contribution in [0.3, 0.4) is 0 Å². The van der Waals surface area contributed by atoms with Gasteiger partial charge in [0.25, 0.3) is 0 Å². The molecule has 0 saturated carbocycles. The molecule has 2 aromatic carbocycles. The van der Waals surface area contributed by atoms with Crippen LogP contribution >= 0.6 is 0 Å². The second-order valence-electron chi connectivity index (χ2n) is 11.8. The number of aromatic nitrogens is 5. The van der Waals surface area contributed by atoms with E-state index in [4.69, 9.17) is 25.8 Å². The molecule has 1 fully saturated rings. The van der Waals surface area contributed by atoms with Gasteiger partial charge in [0.05, 0.1) is 28.6 Å². The first-order valence-corrected chi connectivity index (χ1v) is 17.1. The number of sulfone groups is 1. The van der Waals surface area contributed by atoms with Gasteiger partial charge in [-0.1, -0.05) is 41.6 Å². The van der Waals surface area contributed by atoms with Gasteiger partial charge in [0.1, 0.15) is 17.6 Å². The van der Waals surface area contributed by atoms with Crippen LogP contribution in [0, 0.1) is 0 Å². The highest BCUT2D eigenvalue weighted by Gasteiger charge is 2.59. The summed E-state index contributed by atoms with van der Waals surface area (Å²) in [7, 11) is -1.44. The van der Waals surface area contributed by atoms with Crippen molar-refractivity contribution in [3.05, 3.63) is 89.1 Å². The molecule has 5 aromatic rings. The highest BCUT2D eigenvalue weighted by molar-refractivity contribution is 7.92. The monoisotopic (exact) mass is 726 g/mol. The normalized spacial score (nSPS) is 18.4. The lowest BCUT2D eigenvalue weighted by molar-refractivity contribution is -0.140. The van der Waals surface area contributed by atoms with Gasteiger partial charge in [-0.3, -0.25) is 4.57 Å². The van der Waals surface area contributed by atoms with E-state index in [1.54, 1.807) is 50.4 Å². The number of benzene rings is 2. The van der Waals surface area contributed by atoms with E-state index < -0.39 is 51.7 Å². The molecule has 51 heavy (non-hydrogen) atoms. The Morgan fingerprint density at radius 2 is 1.67 bits per heavy atom. The first-order valence-electron chi connectivity index (χ1n) is 15.5. The first-order chi connectivity index (χ1) is 24.2. The third-order valence-electron chi connectivity index (χ3n) is 7.94. The number of halogens is 2. The molecule has 6 rings (SSSR count). The fraction of sp³-hybridized carbons (Fsp3) is 0.303. The third-order valence-corrected chi connectivity index (χ3v) is 10.1. The van der Waals surface area contributed by atoms with Gasteiger partial charge in [-0.15, -0.1) is 0 Å². The third kappa shape index (κ3) is 7.79. The first kappa shape index (κ1) is 37.1. The van der Waals surface area contributed by atoms with Gasteiger partial charge in [0.15, 0.2) is 33.2 Å². The van der Waals surface area contributed by atoms with Crippen molar-refractivity contribution in [3.63, 3.8) is 0 Å². The molecule has 0 amide bonds. The number of nitrogens with zero attached hydrogens (tertiary/aromatic N) is 5. The van der Waals surface area contributed by atoms with E-state index in [1.807, 2.05) is 31.3 Å². The van der Waals surface area contributed by atoms with Crippen LogP contribution in [-0.2, 0) is 21.1 Å². The maximum absolute atomic E-state index is 13.7. The van der Waals surface area contributed by atoms with Gasteiger partial charge in [0, 0.05) is 29.9 Å². The predicted molar refractivity (Wildman–Crippen MR) is 183 cm³/mol. The second kappa shape index (κ2) is 15.0. The molecule has 3 aromatic heterocycles. The summed E-state index contributed by atoms with van der Waals surface area (Å²) >= 11 is 0. The van der Waals surface area contributed by atoms with E-state index in [2.05, 4.69) is 25.4 Å². The Morgan fingerprint density at radius 1 is 1.02 bits per heavy atom. The lowest BCUT2D eigenvalue weighted by Crippen LogP contribution is -2.41. The summed E-state index contributed by atoms with van der Waals surface area (Å²) in [5.41, 5.74) is 14.6. The van der Waals surface area contributed by atoms with Gasteiger partial charge < -0.3 is 36.3 Å². The highest BCUT2D eigenvalue weighted by Crippen LogP contribution is 2.42. The van der Waals surface area contributed by atoms with E-state index in [0.717, 1.165) is 24.4 Å². The molecule has 270 valence electrons. The van der Waals surface area contributed by atoms with Crippen LogP contribution < -0.4 is 22.5 Å². The Bertz CT molecular complexity index is 2140. The summed E-state index contributed by atoms with van der Waals surface area (Å²) in [5.74, 6) is -3.22. The molecule has 7 N–H and O–H groups in total. The van der Waals surface area contributed by atoms with Crippen LogP contribution in [0.1, 0.15) is 25.6 Å². The minimum atomic E-state index is -3.71. The molecule has 0 spiro atoms. The SMILES string of the molecule is CNCc1ccc(-c2cc(-c3nc(-c4ccc(S(=O)(=O)C(C)C)cc4)cnc3N)on2)cc1.Nc1ccn([C@@H]2O[C@H](CO)[C@@H](O)C2(F)F)c(=O)n1. The van der Waals surface area contributed by atoms with Gasteiger partial charge in [-0.25, -0.2) is 23.2 Å². The van der Waals surface area contributed by atoms with Crippen molar-refractivity contribution >= 4 is 21.5 Å². The van der Waals surface area contributed by atoms with Crippen molar-refractivity contribution in [1.29, 1.82) is 0 Å². The molecule has 18 heteroatoms. The number of nitrogens with two attached hydrogens (primary N) is 2. The smallest absolute Gasteiger partial charge is 0.351 e. The van der Waals surface area contributed by atoms with Crippen LogP contribution in [0.15, 0.2) is 87.3 Å². The molecule has 1 saturated heterocycles. The fourth-order valence-corrected chi connectivity index (χ4v) is 6.11. The number of aliphatic hydroxyl groups excluding tert-OH is 2. The minimum Gasteiger partial charge on any atom is -0.394 e. The molecular weight excluding hydrogens is 690 g/mol. The lowest BCUT2D eigenvalue weighted by Gasteiger charge is -2.20. The zero-order valence-electron chi connectivity index (χ0n) is 27.6. The number of anilines is 2. The number of nitrogen functional groups attached to an aromatic ring is 2. The number of rotatable bonds is 9. The van der Waals surface area contributed by atoms with E-state index in [0.29, 0.717) is 33.0 Å².